The Balaban J connectivity index is 2.90. The molecule has 0 aliphatic carbocycles. The molecule has 1 aromatic rings. The van der Waals surface area contributed by atoms with Gasteiger partial charge < -0.3 is 10.5 Å². The Morgan fingerprint density at radius 1 is 1.56 bits per heavy atom. The largest absolute Gasteiger partial charge is 0.469 e. The molecule has 2 unspecified atom stereocenters. The number of benzene rings is 1. The number of ether oxygens (including phenoxy) is 1. The van der Waals surface area contributed by atoms with Crippen LogP contribution in [-0.2, 0) is 9.53 Å². The summed E-state index contributed by atoms with van der Waals surface area (Å²) in [4.78, 5) is 11.5. The molecule has 0 aliphatic heterocycles. The Hall–Kier alpha value is -0.870. The molecule has 2 atom stereocenters. The summed E-state index contributed by atoms with van der Waals surface area (Å²) in [6.07, 6.45) is 0.667. The average Bonchev–Trinajstić information content (AvgIpc) is 2.29. The predicted molar refractivity (Wildman–Crippen MR) is 66.9 cm³/mol. The fraction of sp³-hybridized carbons (Fsp3) is 0.417. The number of carbonyl (C=O) groups is 1. The van der Waals surface area contributed by atoms with Crippen molar-refractivity contribution in [2.75, 3.05) is 7.11 Å². The summed E-state index contributed by atoms with van der Waals surface area (Å²) in [7, 11) is 1.39. The van der Waals surface area contributed by atoms with Crippen LogP contribution in [0, 0.1) is 5.92 Å². The van der Waals surface area contributed by atoms with Gasteiger partial charge in [0.25, 0.3) is 0 Å². The lowest BCUT2D eigenvalue weighted by atomic mass is 9.92. The topological polar surface area (TPSA) is 52.3 Å². The van der Waals surface area contributed by atoms with Gasteiger partial charge in [-0.05, 0) is 24.1 Å². The summed E-state index contributed by atoms with van der Waals surface area (Å²) in [5.74, 6) is -0.547. The zero-order valence-corrected chi connectivity index (χ0v) is 11.0. The van der Waals surface area contributed by atoms with Crippen LogP contribution in [0.4, 0.5) is 0 Å². The lowest BCUT2D eigenvalue weighted by Gasteiger charge is -2.20. The van der Waals surface area contributed by atoms with Crippen molar-refractivity contribution in [3.8, 4) is 0 Å². The van der Waals surface area contributed by atoms with Crippen LogP contribution in [0.25, 0.3) is 0 Å². The molecule has 1 aromatic carbocycles. The van der Waals surface area contributed by atoms with E-state index in [0.717, 1.165) is 10.0 Å². The van der Waals surface area contributed by atoms with Crippen molar-refractivity contribution in [1.29, 1.82) is 0 Å². The molecule has 4 heteroatoms. The molecule has 88 valence electrons. The number of halogens is 1. The highest BCUT2D eigenvalue weighted by Gasteiger charge is 2.25. The molecule has 2 N–H and O–H groups in total. The normalized spacial score (nSPS) is 14.2. The summed E-state index contributed by atoms with van der Waals surface area (Å²) >= 11 is 3.38. The summed E-state index contributed by atoms with van der Waals surface area (Å²) in [6.45, 7) is 1.93. The van der Waals surface area contributed by atoms with E-state index in [1.165, 1.54) is 7.11 Å². The molecule has 0 amide bonds. The minimum Gasteiger partial charge on any atom is -0.469 e. The Morgan fingerprint density at radius 2 is 2.25 bits per heavy atom. The third kappa shape index (κ3) is 3.06. The fourth-order valence-electron chi connectivity index (χ4n) is 1.66. The van der Waals surface area contributed by atoms with Crippen molar-refractivity contribution < 1.29 is 9.53 Å². The van der Waals surface area contributed by atoms with E-state index in [2.05, 4.69) is 15.9 Å². The lowest BCUT2D eigenvalue weighted by molar-refractivity contribution is -0.146. The van der Waals surface area contributed by atoms with Gasteiger partial charge in [-0.1, -0.05) is 35.0 Å². The standard InChI is InChI=1S/C12H16BrNO2/c1-3-10(12(15)16-2)11(14)8-5-4-6-9(13)7-8/h4-7,10-11H,3,14H2,1-2H3. The van der Waals surface area contributed by atoms with Crippen molar-refractivity contribution >= 4 is 21.9 Å². The SMILES string of the molecule is CCC(C(=O)OC)C(N)c1cccc(Br)c1. The monoisotopic (exact) mass is 285 g/mol. The van der Waals surface area contributed by atoms with Gasteiger partial charge in [0.15, 0.2) is 0 Å². The minimum atomic E-state index is -0.324. The van der Waals surface area contributed by atoms with Crippen molar-refractivity contribution in [1.82, 2.24) is 0 Å². The van der Waals surface area contributed by atoms with Crippen LogP contribution in [0.3, 0.4) is 0 Å². The van der Waals surface area contributed by atoms with Crippen molar-refractivity contribution in [3.05, 3.63) is 34.3 Å². The van der Waals surface area contributed by atoms with E-state index >= 15 is 0 Å². The highest BCUT2D eigenvalue weighted by molar-refractivity contribution is 9.10. The molecule has 1 rings (SSSR count). The Morgan fingerprint density at radius 3 is 2.75 bits per heavy atom. The van der Waals surface area contributed by atoms with Crippen LogP contribution in [0.5, 0.6) is 0 Å². The molecule has 16 heavy (non-hydrogen) atoms. The molecular formula is C12H16BrNO2. The second-order valence-corrected chi connectivity index (χ2v) is 4.53. The Bertz CT molecular complexity index is 368. The van der Waals surface area contributed by atoms with E-state index in [9.17, 15) is 4.79 Å². The molecule has 0 aromatic heterocycles. The number of hydrogen-bond donors (Lipinski definition) is 1. The first-order valence-corrected chi connectivity index (χ1v) is 5.98. The second kappa shape index (κ2) is 6.01. The Kier molecular flexibility index (Phi) is 4.96. The van der Waals surface area contributed by atoms with Gasteiger partial charge in [-0.3, -0.25) is 4.79 Å². The maximum absolute atomic E-state index is 11.5. The van der Waals surface area contributed by atoms with Crippen LogP contribution in [-0.4, -0.2) is 13.1 Å². The van der Waals surface area contributed by atoms with Gasteiger partial charge in [0.2, 0.25) is 0 Å². The third-order valence-corrected chi connectivity index (χ3v) is 3.10. The molecule has 0 heterocycles. The van der Waals surface area contributed by atoms with Crippen LogP contribution >= 0.6 is 15.9 Å². The fourth-order valence-corrected chi connectivity index (χ4v) is 2.08. The first kappa shape index (κ1) is 13.2. The average molecular weight is 286 g/mol. The van der Waals surface area contributed by atoms with E-state index in [-0.39, 0.29) is 17.9 Å². The smallest absolute Gasteiger partial charge is 0.310 e. The van der Waals surface area contributed by atoms with Crippen molar-refractivity contribution in [2.24, 2.45) is 11.7 Å². The molecule has 3 nitrogen and oxygen atoms in total. The molecule has 0 saturated carbocycles. The van der Waals surface area contributed by atoms with Gasteiger partial charge in [-0.15, -0.1) is 0 Å². The minimum absolute atomic E-state index is 0.255. The van der Waals surface area contributed by atoms with Gasteiger partial charge in [0, 0.05) is 10.5 Å². The van der Waals surface area contributed by atoms with E-state index in [4.69, 9.17) is 10.5 Å². The molecule has 0 radical (unpaired) electrons. The second-order valence-electron chi connectivity index (χ2n) is 3.62. The van der Waals surface area contributed by atoms with E-state index in [1.807, 2.05) is 31.2 Å². The Labute approximate surface area is 104 Å². The number of esters is 1. The predicted octanol–water partition coefficient (Wildman–Crippen LogP) is 2.65. The van der Waals surface area contributed by atoms with Gasteiger partial charge in [0.05, 0.1) is 13.0 Å². The summed E-state index contributed by atoms with van der Waals surface area (Å²) in [6, 6.07) is 7.35. The van der Waals surface area contributed by atoms with Gasteiger partial charge in [-0.2, -0.15) is 0 Å². The highest BCUT2D eigenvalue weighted by atomic mass is 79.9. The van der Waals surface area contributed by atoms with Gasteiger partial charge in [0.1, 0.15) is 0 Å². The molecule has 0 spiro atoms. The molecule has 0 bridgehead atoms. The maximum Gasteiger partial charge on any atom is 0.310 e. The number of rotatable bonds is 4. The summed E-state index contributed by atoms with van der Waals surface area (Å²) in [5.41, 5.74) is 7.01. The summed E-state index contributed by atoms with van der Waals surface area (Å²) < 4.78 is 5.70. The van der Waals surface area contributed by atoms with E-state index in [0.29, 0.717) is 6.42 Å². The van der Waals surface area contributed by atoms with Crippen LogP contribution < -0.4 is 5.73 Å². The van der Waals surface area contributed by atoms with Gasteiger partial charge in [-0.25, -0.2) is 0 Å². The number of nitrogens with two attached hydrogens (primary N) is 1. The first-order valence-electron chi connectivity index (χ1n) is 5.19. The molecular weight excluding hydrogens is 270 g/mol. The molecule has 0 fully saturated rings. The van der Waals surface area contributed by atoms with E-state index < -0.39 is 0 Å². The maximum atomic E-state index is 11.5. The molecule has 0 aliphatic rings. The number of methoxy groups -OCH3 is 1. The number of carbonyl (C=O) groups excluding carboxylic acids is 1. The van der Waals surface area contributed by atoms with Crippen LogP contribution in [0.15, 0.2) is 28.7 Å². The first-order chi connectivity index (χ1) is 7.60. The zero-order valence-electron chi connectivity index (χ0n) is 9.44. The highest BCUT2D eigenvalue weighted by Crippen LogP contribution is 2.25. The lowest BCUT2D eigenvalue weighted by Crippen LogP contribution is -2.28. The quantitative estimate of drug-likeness (QED) is 0.866. The summed E-state index contributed by atoms with van der Waals surface area (Å²) in [5, 5.41) is 0. The van der Waals surface area contributed by atoms with Crippen molar-refractivity contribution in [2.45, 2.75) is 19.4 Å². The zero-order chi connectivity index (χ0) is 12.1. The number of hydrogen-bond acceptors (Lipinski definition) is 3. The van der Waals surface area contributed by atoms with Gasteiger partial charge >= 0.3 is 5.97 Å². The van der Waals surface area contributed by atoms with Crippen molar-refractivity contribution in [3.63, 3.8) is 0 Å². The molecule has 0 saturated heterocycles. The van der Waals surface area contributed by atoms with E-state index in [1.54, 1.807) is 0 Å². The van der Waals surface area contributed by atoms with Crippen LogP contribution in [0.1, 0.15) is 24.9 Å². The third-order valence-electron chi connectivity index (χ3n) is 2.61. The van der Waals surface area contributed by atoms with Crippen LogP contribution in [0.2, 0.25) is 0 Å².